The Bertz CT molecular complexity index is 304. The first-order valence-corrected chi connectivity index (χ1v) is 3.58. The summed E-state index contributed by atoms with van der Waals surface area (Å²) >= 11 is 0. The van der Waals surface area contributed by atoms with Crippen molar-refractivity contribution in [1.82, 2.24) is 4.98 Å². The quantitative estimate of drug-likeness (QED) is 0.710. The molecule has 1 N–H and O–H groups in total. The van der Waals surface area contributed by atoms with Crippen LogP contribution in [0, 0.1) is 11.3 Å². The first-order valence-electron chi connectivity index (χ1n) is 3.58. The van der Waals surface area contributed by atoms with E-state index in [-0.39, 0.29) is 12.3 Å². The summed E-state index contributed by atoms with van der Waals surface area (Å²) in [6.07, 6.45) is 1.64. The van der Waals surface area contributed by atoms with Crippen LogP contribution in [-0.4, -0.2) is 10.1 Å². The Labute approximate surface area is 70.5 Å². The molecule has 4 nitrogen and oxygen atoms in total. The summed E-state index contributed by atoms with van der Waals surface area (Å²) in [5.74, 6) is 0.724. The summed E-state index contributed by atoms with van der Waals surface area (Å²) in [4.78, 5) is 3.84. The lowest BCUT2D eigenvalue weighted by Crippen LogP contribution is -2.15. The second-order valence-electron chi connectivity index (χ2n) is 3.03. The Morgan fingerprint density at radius 2 is 2.42 bits per heavy atom. The van der Waals surface area contributed by atoms with Gasteiger partial charge >= 0.3 is 0 Å². The molecule has 0 unspecified atom stereocenters. The van der Waals surface area contributed by atoms with E-state index in [1.807, 2.05) is 6.07 Å². The van der Waals surface area contributed by atoms with E-state index < -0.39 is 5.60 Å². The fourth-order valence-electron chi connectivity index (χ4n) is 0.750. The third-order valence-corrected chi connectivity index (χ3v) is 1.33. The van der Waals surface area contributed by atoms with E-state index in [2.05, 4.69) is 4.98 Å². The number of aromatic nitrogens is 1. The third-order valence-electron chi connectivity index (χ3n) is 1.33. The predicted molar refractivity (Wildman–Crippen MR) is 41.1 cm³/mol. The molecular weight excluding hydrogens is 156 g/mol. The average molecular weight is 166 g/mol. The molecule has 0 amide bonds. The van der Waals surface area contributed by atoms with Crippen molar-refractivity contribution in [3.63, 3.8) is 0 Å². The maximum atomic E-state index is 9.43. The zero-order chi connectivity index (χ0) is 9.19. The topological polar surface area (TPSA) is 70.1 Å². The molecule has 0 aliphatic rings. The van der Waals surface area contributed by atoms with Gasteiger partial charge in [0.1, 0.15) is 11.4 Å². The fourth-order valence-corrected chi connectivity index (χ4v) is 0.750. The molecule has 4 heteroatoms. The average Bonchev–Trinajstić information content (AvgIpc) is 2.35. The van der Waals surface area contributed by atoms with Gasteiger partial charge in [0.25, 0.3) is 0 Å². The van der Waals surface area contributed by atoms with Gasteiger partial charge in [0, 0.05) is 0 Å². The largest absolute Gasteiger partial charge is 0.442 e. The molecule has 0 saturated heterocycles. The Morgan fingerprint density at radius 1 is 1.75 bits per heavy atom. The molecule has 12 heavy (non-hydrogen) atoms. The van der Waals surface area contributed by atoms with E-state index in [4.69, 9.17) is 9.68 Å². The molecular formula is C8H10N2O2. The highest BCUT2D eigenvalue weighted by molar-refractivity contribution is 5.03. The normalized spacial score (nSPS) is 11.2. The van der Waals surface area contributed by atoms with Crippen molar-refractivity contribution in [1.29, 1.82) is 5.26 Å². The minimum absolute atomic E-state index is 0.184. The molecule has 0 aliphatic carbocycles. The maximum Gasteiger partial charge on any atom is 0.225 e. The highest BCUT2D eigenvalue weighted by atomic mass is 16.4. The van der Waals surface area contributed by atoms with Crippen LogP contribution in [0.3, 0.4) is 0 Å². The number of oxazole rings is 1. The van der Waals surface area contributed by atoms with E-state index in [1.54, 1.807) is 13.8 Å². The SMILES string of the molecule is CC(C)(O)c1ncc(CC#N)o1. The van der Waals surface area contributed by atoms with Gasteiger partial charge in [-0.15, -0.1) is 0 Å². The molecule has 0 radical (unpaired) electrons. The van der Waals surface area contributed by atoms with Gasteiger partial charge in [-0.1, -0.05) is 0 Å². The summed E-state index contributed by atoms with van der Waals surface area (Å²) in [5, 5.41) is 17.8. The monoisotopic (exact) mass is 166 g/mol. The lowest BCUT2D eigenvalue weighted by Gasteiger charge is -2.10. The number of hydrogen-bond acceptors (Lipinski definition) is 4. The van der Waals surface area contributed by atoms with Crippen LogP contribution in [0.4, 0.5) is 0 Å². The van der Waals surface area contributed by atoms with Crippen molar-refractivity contribution in [3.05, 3.63) is 17.8 Å². The van der Waals surface area contributed by atoms with Crippen molar-refractivity contribution in [2.45, 2.75) is 25.9 Å². The van der Waals surface area contributed by atoms with Crippen LogP contribution < -0.4 is 0 Å². The van der Waals surface area contributed by atoms with E-state index in [1.165, 1.54) is 6.20 Å². The predicted octanol–water partition coefficient (Wildman–Crippen LogP) is 0.968. The second-order valence-corrected chi connectivity index (χ2v) is 3.03. The summed E-state index contributed by atoms with van der Waals surface area (Å²) in [6, 6.07) is 1.93. The Hall–Kier alpha value is -1.34. The molecule has 0 aliphatic heterocycles. The third kappa shape index (κ3) is 1.83. The number of nitriles is 1. The minimum atomic E-state index is -1.08. The molecule has 1 rings (SSSR count). The Kier molecular flexibility index (Phi) is 2.15. The summed E-state index contributed by atoms with van der Waals surface area (Å²) < 4.78 is 5.10. The molecule has 0 fully saturated rings. The molecule has 0 saturated carbocycles. The molecule has 0 aromatic carbocycles. The highest BCUT2D eigenvalue weighted by Gasteiger charge is 2.22. The van der Waals surface area contributed by atoms with Gasteiger partial charge in [-0.25, -0.2) is 4.98 Å². The van der Waals surface area contributed by atoms with Crippen LogP contribution in [0.15, 0.2) is 10.6 Å². The highest BCUT2D eigenvalue weighted by Crippen LogP contribution is 2.18. The Morgan fingerprint density at radius 3 is 2.83 bits per heavy atom. The van der Waals surface area contributed by atoms with Crippen molar-refractivity contribution in [2.24, 2.45) is 0 Å². The van der Waals surface area contributed by atoms with Crippen LogP contribution >= 0.6 is 0 Å². The molecule has 1 heterocycles. The van der Waals surface area contributed by atoms with Gasteiger partial charge in [-0.3, -0.25) is 0 Å². The fraction of sp³-hybridized carbons (Fsp3) is 0.500. The first-order chi connectivity index (χ1) is 5.54. The van der Waals surface area contributed by atoms with Gasteiger partial charge in [0.2, 0.25) is 5.89 Å². The van der Waals surface area contributed by atoms with Gasteiger partial charge < -0.3 is 9.52 Å². The first kappa shape index (κ1) is 8.75. The molecule has 1 aromatic rings. The van der Waals surface area contributed by atoms with Crippen LogP contribution in [-0.2, 0) is 12.0 Å². The summed E-state index contributed by atoms with van der Waals surface area (Å²) in [6.45, 7) is 3.16. The van der Waals surface area contributed by atoms with Crippen molar-refractivity contribution in [2.75, 3.05) is 0 Å². The van der Waals surface area contributed by atoms with Gasteiger partial charge in [-0.2, -0.15) is 5.26 Å². The Balaban J connectivity index is 2.86. The molecule has 64 valence electrons. The lowest BCUT2D eigenvalue weighted by molar-refractivity contribution is 0.0473. The molecule has 0 spiro atoms. The van der Waals surface area contributed by atoms with Crippen molar-refractivity contribution in [3.8, 4) is 6.07 Å². The van der Waals surface area contributed by atoms with Crippen LogP contribution in [0.2, 0.25) is 0 Å². The van der Waals surface area contributed by atoms with E-state index in [0.717, 1.165) is 0 Å². The zero-order valence-electron chi connectivity index (χ0n) is 7.03. The molecule has 1 aromatic heterocycles. The molecule has 0 bridgehead atoms. The summed E-state index contributed by atoms with van der Waals surface area (Å²) in [5.41, 5.74) is -1.08. The second kappa shape index (κ2) is 2.95. The van der Waals surface area contributed by atoms with Crippen LogP contribution in [0.1, 0.15) is 25.5 Å². The van der Waals surface area contributed by atoms with Crippen LogP contribution in [0.5, 0.6) is 0 Å². The number of rotatable bonds is 2. The molecule has 0 atom stereocenters. The van der Waals surface area contributed by atoms with Gasteiger partial charge in [0.05, 0.1) is 18.7 Å². The summed E-state index contributed by atoms with van der Waals surface area (Å²) in [7, 11) is 0. The number of nitrogens with zero attached hydrogens (tertiary/aromatic N) is 2. The lowest BCUT2D eigenvalue weighted by atomic mass is 10.1. The maximum absolute atomic E-state index is 9.43. The van der Waals surface area contributed by atoms with Crippen molar-refractivity contribution >= 4 is 0 Å². The van der Waals surface area contributed by atoms with Gasteiger partial charge in [0.15, 0.2) is 0 Å². The van der Waals surface area contributed by atoms with Crippen molar-refractivity contribution < 1.29 is 9.52 Å². The van der Waals surface area contributed by atoms with E-state index in [0.29, 0.717) is 5.76 Å². The van der Waals surface area contributed by atoms with Gasteiger partial charge in [-0.05, 0) is 13.8 Å². The number of hydrogen-bond donors (Lipinski definition) is 1. The minimum Gasteiger partial charge on any atom is -0.442 e. The van der Waals surface area contributed by atoms with Crippen LogP contribution in [0.25, 0.3) is 0 Å². The standard InChI is InChI=1S/C8H10N2O2/c1-8(2,11)7-10-5-6(12-7)3-4-9/h5,11H,3H2,1-2H3. The van der Waals surface area contributed by atoms with E-state index in [9.17, 15) is 5.11 Å². The zero-order valence-corrected chi connectivity index (χ0v) is 7.03. The number of aliphatic hydroxyl groups is 1. The smallest absolute Gasteiger partial charge is 0.225 e. The van der Waals surface area contributed by atoms with E-state index >= 15 is 0 Å².